The van der Waals surface area contributed by atoms with E-state index in [0.717, 1.165) is 5.57 Å². The first-order chi connectivity index (χ1) is 8.27. The van der Waals surface area contributed by atoms with E-state index in [9.17, 15) is 0 Å². The number of ether oxygens (including phenoxy) is 1. The van der Waals surface area contributed by atoms with Crippen molar-refractivity contribution in [2.75, 3.05) is 13.7 Å². The van der Waals surface area contributed by atoms with Crippen LogP contribution in [0.25, 0.3) is 17.0 Å². The summed E-state index contributed by atoms with van der Waals surface area (Å²) in [5.74, 6) is 0. The van der Waals surface area contributed by atoms with Gasteiger partial charge in [-0.25, -0.2) is 0 Å². The van der Waals surface area contributed by atoms with Crippen LogP contribution < -0.4 is 5.73 Å². The van der Waals surface area contributed by atoms with Crippen molar-refractivity contribution in [2.45, 2.75) is 6.10 Å². The lowest BCUT2D eigenvalue weighted by atomic mass is 10.1. The minimum Gasteiger partial charge on any atom is -0.372 e. The Morgan fingerprint density at radius 2 is 2.12 bits per heavy atom. The number of rotatable bonds is 2. The third-order valence-electron chi connectivity index (χ3n) is 3.59. The van der Waals surface area contributed by atoms with Crippen LogP contribution in [-0.4, -0.2) is 18.2 Å². The monoisotopic (exact) mass is 228 g/mol. The summed E-state index contributed by atoms with van der Waals surface area (Å²) >= 11 is 0. The lowest BCUT2D eigenvalue weighted by Gasteiger charge is -2.13. The average Bonchev–Trinajstić information content (AvgIpc) is 2.87. The molecule has 2 N–H and O–H groups in total. The highest BCUT2D eigenvalue weighted by Crippen LogP contribution is 2.41. The van der Waals surface area contributed by atoms with E-state index >= 15 is 0 Å². The van der Waals surface area contributed by atoms with Gasteiger partial charge in [0.05, 0.1) is 0 Å². The number of hydrogen-bond acceptors (Lipinski definition) is 2. The Morgan fingerprint density at radius 3 is 2.82 bits per heavy atom. The van der Waals surface area contributed by atoms with Crippen LogP contribution in [0.3, 0.4) is 0 Å². The molecule has 88 valence electrons. The molecule has 3 rings (SSSR count). The zero-order valence-corrected chi connectivity index (χ0v) is 10.1. The fourth-order valence-corrected chi connectivity index (χ4v) is 2.76. The zero-order chi connectivity index (χ0) is 12.0. The molecule has 2 aromatic rings. The van der Waals surface area contributed by atoms with Crippen molar-refractivity contribution in [2.24, 2.45) is 12.8 Å². The number of nitrogens with zero attached hydrogens (tertiary/aromatic N) is 1. The number of methoxy groups -OCH3 is 1. The number of para-hydroxylation sites is 1. The molecular weight excluding hydrogens is 212 g/mol. The Balaban J connectivity index is 2.33. The molecule has 1 aliphatic rings. The maximum atomic E-state index is 5.77. The molecule has 0 spiro atoms. The maximum absolute atomic E-state index is 5.77. The van der Waals surface area contributed by atoms with E-state index in [1.807, 2.05) is 0 Å². The average molecular weight is 228 g/mol. The van der Waals surface area contributed by atoms with Gasteiger partial charge in [-0.05, 0) is 17.7 Å². The van der Waals surface area contributed by atoms with Gasteiger partial charge in [0.25, 0.3) is 0 Å². The topological polar surface area (TPSA) is 40.2 Å². The van der Waals surface area contributed by atoms with Gasteiger partial charge in [-0.3, -0.25) is 0 Å². The molecule has 0 aliphatic heterocycles. The summed E-state index contributed by atoms with van der Waals surface area (Å²) in [6, 6.07) is 8.41. The Bertz CT molecular complexity index is 610. The summed E-state index contributed by atoms with van der Waals surface area (Å²) in [5.41, 5.74) is 10.6. The predicted octanol–water partition coefficient (Wildman–Crippen LogP) is 2.22. The van der Waals surface area contributed by atoms with Crippen LogP contribution in [0.2, 0.25) is 0 Å². The van der Waals surface area contributed by atoms with E-state index in [1.54, 1.807) is 7.11 Å². The van der Waals surface area contributed by atoms with Crippen LogP contribution in [-0.2, 0) is 11.8 Å². The van der Waals surface area contributed by atoms with E-state index in [1.165, 1.54) is 22.2 Å². The molecule has 0 amide bonds. The third-order valence-corrected chi connectivity index (χ3v) is 3.59. The van der Waals surface area contributed by atoms with Crippen LogP contribution >= 0.6 is 0 Å². The molecule has 0 bridgehead atoms. The second-order valence-corrected chi connectivity index (χ2v) is 4.41. The Morgan fingerprint density at radius 1 is 1.35 bits per heavy atom. The SMILES string of the molecule is COC1C(CN)=Cc2c1c1ccccc1n2C. The van der Waals surface area contributed by atoms with Gasteiger partial charge in [0, 0.05) is 42.9 Å². The van der Waals surface area contributed by atoms with Gasteiger partial charge in [0.2, 0.25) is 0 Å². The minimum absolute atomic E-state index is 0.0149. The van der Waals surface area contributed by atoms with Crippen molar-refractivity contribution in [3.8, 4) is 0 Å². The normalized spacial score (nSPS) is 18.5. The van der Waals surface area contributed by atoms with Gasteiger partial charge in [-0.1, -0.05) is 18.2 Å². The van der Waals surface area contributed by atoms with Crippen molar-refractivity contribution >= 4 is 17.0 Å². The van der Waals surface area contributed by atoms with Gasteiger partial charge in [-0.15, -0.1) is 0 Å². The van der Waals surface area contributed by atoms with Crippen LogP contribution in [0.4, 0.5) is 0 Å². The van der Waals surface area contributed by atoms with Crippen LogP contribution in [0, 0.1) is 0 Å². The number of hydrogen-bond donors (Lipinski definition) is 1. The molecular formula is C14H16N2O. The van der Waals surface area contributed by atoms with Crippen LogP contribution in [0.15, 0.2) is 29.8 Å². The number of benzene rings is 1. The Labute approximate surface area is 100 Å². The first-order valence-electron chi connectivity index (χ1n) is 5.78. The largest absolute Gasteiger partial charge is 0.372 e. The number of aryl methyl sites for hydroxylation is 1. The fourth-order valence-electron chi connectivity index (χ4n) is 2.76. The third kappa shape index (κ3) is 1.30. The van der Waals surface area contributed by atoms with Gasteiger partial charge >= 0.3 is 0 Å². The molecule has 0 saturated carbocycles. The van der Waals surface area contributed by atoms with E-state index in [4.69, 9.17) is 10.5 Å². The molecule has 1 unspecified atom stereocenters. The molecule has 3 nitrogen and oxygen atoms in total. The Kier molecular flexibility index (Phi) is 2.31. The first-order valence-corrected chi connectivity index (χ1v) is 5.78. The van der Waals surface area contributed by atoms with Gasteiger partial charge in [-0.2, -0.15) is 0 Å². The summed E-state index contributed by atoms with van der Waals surface area (Å²) in [6.07, 6.45) is 2.17. The van der Waals surface area contributed by atoms with Gasteiger partial charge in [0.1, 0.15) is 6.10 Å². The van der Waals surface area contributed by atoms with E-state index in [-0.39, 0.29) is 6.10 Å². The van der Waals surface area contributed by atoms with E-state index in [2.05, 4.69) is 42.0 Å². The second-order valence-electron chi connectivity index (χ2n) is 4.41. The summed E-state index contributed by atoms with van der Waals surface area (Å²) in [6.45, 7) is 0.543. The van der Waals surface area contributed by atoms with Gasteiger partial charge < -0.3 is 15.0 Å². The standard InChI is InChI=1S/C14H16N2O/c1-16-11-6-4-3-5-10(11)13-12(16)7-9(8-15)14(13)17-2/h3-7,14H,8,15H2,1-2H3. The van der Waals surface area contributed by atoms with Gasteiger partial charge in [0.15, 0.2) is 0 Å². The predicted molar refractivity (Wildman–Crippen MR) is 69.7 cm³/mol. The molecule has 0 fully saturated rings. The molecule has 1 aromatic heterocycles. The van der Waals surface area contributed by atoms with Crippen LogP contribution in [0.5, 0.6) is 0 Å². The molecule has 1 aliphatic carbocycles. The summed E-state index contributed by atoms with van der Waals surface area (Å²) in [5, 5.41) is 1.26. The maximum Gasteiger partial charge on any atom is 0.107 e. The molecule has 1 aromatic carbocycles. The second kappa shape index (κ2) is 3.72. The molecule has 1 atom stereocenters. The van der Waals surface area contributed by atoms with E-state index in [0.29, 0.717) is 6.54 Å². The quantitative estimate of drug-likeness (QED) is 0.856. The highest BCUT2D eigenvalue weighted by molar-refractivity contribution is 5.91. The zero-order valence-electron chi connectivity index (χ0n) is 10.1. The lowest BCUT2D eigenvalue weighted by Crippen LogP contribution is -2.10. The van der Waals surface area contributed by atoms with Crippen molar-refractivity contribution in [1.29, 1.82) is 0 Å². The lowest BCUT2D eigenvalue weighted by molar-refractivity contribution is 0.136. The van der Waals surface area contributed by atoms with Crippen LogP contribution in [0.1, 0.15) is 17.4 Å². The van der Waals surface area contributed by atoms with Crippen molar-refractivity contribution in [1.82, 2.24) is 4.57 Å². The first kappa shape index (κ1) is 10.6. The highest BCUT2D eigenvalue weighted by Gasteiger charge is 2.29. The van der Waals surface area contributed by atoms with E-state index < -0.39 is 0 Å². The Hall–Kier alpha value is -1.58. The minimum atomic E-state index is 0.0149. The number of aromatic nitrogens is 1. The molecule has 17 heavy (non-hydrogen) atoms. The number of fused-ring (bicyclic) bond motifs is 3. The molecule has 1 heterocycles. The van der Waals surface area contributed by atoms with Crippen molar-refractivity contribution < 1.29 is 4.74 Å². The smallest absolute Gasteiger partial charge is 0.107 e. The molecule has 3 heteroatoms. The fraction of sp³-hybridized carbons (Fsp3) is 0.286. The molecule has 0 saturated heterocycles. The molecule has 0 radical (unpaired) electrons. The summed E-state index contributed by atoms with van der Waals surface area (Å²) in [7, 11) is 3.83. The highest BCUT2D eigenvalue weighted by atomic mass is 16.5. The summed E-state index contributed by atoms with van der Waals surface area (Å²) < 4.78 is 7.81. The number of nitrogens with two attached hydrogens (primary N) is 1. The summed E-state index contributed by atoms with van der Waals surface area (Å²) in [4.78, 5) is 0. The van der Waals surface area contributed by atoms with Crippen molar-refractivity contribution in [3.63, 3.8) is 0 Å². The van der Waals surface area contributed by atoms with Crippen molar-refractivity contribution in [3.05, 3.63) is 41.1 Å².